The van der Waals surface area contributed by atoms with E-state index in [9.17, 15) is 14.4 Å². The third-order valence-corrected chi connectivity index (χ3v) is 9.01. The van der Waals surface area contributed by atoms with Crippen LogP contribution in [-0.4, -0.2) is 34.4 Å². The minimum absolute atomic E-state index is 0.0127. The number of carbonyl (C=O) groups is 3. The summed E-state index contributed by atoms with van der Waals surface area (Å²) in [6, 6.07) is 11.2. The van der Waals surface area contributed by atoms with Gasteiger partial charge in [0.1, 0.15) is 10.9 Å². The highest BCUT2D eigenvalue weighted by atomic mass is 32.2. The molecule has 1 aliphatic carbocycles. The first kappa shape index (κ1) is 19.6. The van der Waals surface area contributed by atoms with Crippen molar-refractivity contribution < 1.29 is 14.4 Å². The highest BCUT2D eigenvalue weighted by molar-refractivity contribution is 8.00. The van der Waals surface area contributed by atoms with Crippen LogP contribution in [0.2, 0.25) is 0 Å². The summed E-state index contributed by atoms with van der Waals surface area (Å²) in [7, 11) is 0. The van der Waals surface area contributed by atoms with Crippen molar-refractivity contribution in [3.05, 3.63) is 57.3 Å². The molecule has 2 saturated heterocycles. The number of nitrogens with zero attached hydrogens (tertiary/aromatic N) is 1. The molecule has 5 rings (SSSR count). The fourth-order valence-electron chi connectivity index (χ4n) is 4.70. The van der Waals surface area contributed by atoms with Crippen LogP contribution in [0.5, 0.6) is 0 Å². The maximum absolute atomic E-state index is 12.9. The minimum Gasteiger partial charge on any atom is -0.311 e. The van der Waals surface area contributed by atoms with E-state index in [-0.39, 0.29) is 17.7 Å². The molecule has 2 atom stereocenters. The van der Waals surface area contributed by atoms with Gasteiger partial charge in [0.15, 0.2) is 0 Å². The SMILES string of the molecule is O=C(NNC(=O)[C@H]1CS[C@@]2(c3ccccc3)CCC(=O)N12)c1cc2c(s1)CCCC2. The van der Waals surface area contributed by atoms with Crippen molar-refractivity contribution in [3.63, 3.8) is 0 Å². The van der Waals surface area contributed by atoms with Crippen molar-refractivity contribution in [2.75, 3.05) is 5.75 Å². The van der Waals surface area contributed by atoms with E-state index < -0.39 is 10.9 Å². The molecule has 2 aliphatic heterocycles. The quantitative estimate of drug-likeness (QED) is 0.718. The smallest absolute Gasteiger partial charge is 0.279 e. The lowest BCUT2D eigenvalue weighted by molar-refractivity contribution is -0.138. The summed E-state index contributed by atoms with van der Waals surface area (Å²) in [6.45, 7) is 0. The molecule has 2 aromatic rings. The van der Waals surface area contributed by atoms with E-state index in [0.717, 1.165) is 31.2 Å². The molecular formula is C22H23N3O3S2. The second-order valence-corrected chi connectivity index (χ2v) is 10.4. The van der Waals surface area contributed by atoms with Gasteiger partial charge in [-0.3, -0.25) is 25.2 Å². The van der Waals surface area contributed by atoms with Gasteiger partial charge in [-0.15, -0.1) is 23.1 Å². The van der Waals surface area contributed by atoms with Gasteiger partial charge in [0.25, 0.3) is 11.8 Å². The summed E-state index contributed by atoms with van der Waals surface area (Å²) in [5, 5.41) is 0. The maximum Gasteiger partial charge on any atom is 0.279 e. The van der Waals surface area contributed by atoms with Gasteiger partial charge < -0.3 is 4.90 Å². The van der Waals surface area contributed by atoms with Crippen LogP contribution < -0.4 is 10.9 Å². The average molecular weight is 442 g/mol. The van der Waals surface area contributed by atoms with Crippen LogP contribution in [0.3, 0.4) is 0 Å². The Kier molecular flexibility index (Phi) is 5.06. The van der Waals surface area contributed by atoms with E-state index in [1.807, 2.05) is 36.4 Å². The van der Waals surface area contributed by atoms with Crippen LogP contribution in [-0.2, 0) is 27.3 Å². The number of nitrogens with one attached hydrogen (secondary N) is 2. The van der Waals surface area contributed by atoms with E-state index in [1.165, 1.54) is 21.8 Å². The molecule has 0 radical (unpaired) electrons. The highest BCUT2D eigenvalue weighted by Crippen LogP contribution is 2.54. The molecular weight excluding hydrogens is 418 g/mol. The van der Waals surface area contributed by atoms with Crippen molar-refractivity contribution in [2.24, 2.45) is 0 Å². The monoisotopic (exact) mass is 441 g/mol. The zero-order valence-corrected chi connectivity index (χ0v) is 18.1. The molecule has 3 aliphatic rings. The molecule has 0 unspecified atom stereocenters. The number of thioether (sulfide) groups is 1. The number of hydrazine groups is 1. The number of hydrogen-bond donors (Lipinski definition) is 2. The number of fused-ring (bicyclic) bond motifs is 2. The summed E-state index contributed by atoms with van der Waals surface area (Å²) in [6.07, 6.45) is 5.49. The zero-order chi connectivity index (χ0) is 20.7. The van der Waals surface area contributed by atoms with Gasteiger partial charge in [0.05, 0.1) is 4.88 Å². The van der Waals surface area contributed by atoms with Crippen LogP contribution in [0.4, 0.5) is 0 Å². The minimum atomic E-state index is -0.595. The van der Waals surface area contributed by atoms with Crippen molar-refractivity contribution in [1.29, 1.82) is 0 Å². The second-order valence-electron chi connectivity index (χ2n) is 7.95. The Balaban J connectivity index is 1.28. The first-order chi connectivity index (χ1) is 14.6. The molecule has 2 fully saturated rings. The molecule has 0 saturated carbocycles. The molecule has 0 spiro atoms. The zero-order valence-electron chi connectivity index (χ0n) is 16.5. The number of benzene rings is 1. The van der Waals surface area contributed by atoms with Crippen LogP contribution in [0, 0.1) is 0 Å². The first-order valence-corrected chi connectivity index (χ1v) is 12.1. The van der Waals surface area contributed by atoms with E-state index in [1.54, 1.807) is 16.7 Å². The predicted molar refractivity (Wildman–Crippen MR) is 117 cm³/mol. The van der Waals surface area contributed by atoms with Gasteiger partial charge >= 0.3 is 0 Å². The molecule has 1 aromatic carbocycles. The van der Waals surface area contributed by atoms with Gasteiger partial charge in [0.2, 0.25) is 5.91 Å². The topological polar surface area (TPSA) is 78.5 Å². The molecule has 3 heterocycles. The number of hydrogen-bond acceptors (Lipinski definition) is 5. The third kappa shape index (κ3) is 3.22. The normalized spacial score (nSPS) is 25.0. The Hall–Kier alpha value is -2.32. The highest BCUT2D eigenvalue weighted by Gasteiger charge is 2.56. The molecule has 2 N–H and O–H groups in total. The Morgan fingerprint density at radius 2 is 1.87 bits per heavy atom. The molecule has 3 amide bonds. The van der Waals surface area contributed by atoms with Crippen molar-refractivity contribution in [1.82, 2.24) is 15.8 Å². The molecule has 0 bridgehead atoms. The standard InChI is InChI=1S/C22H23N3O3S2/c26-19-10-11-22(15-7-2-1-3-8-15)25(19)16(13-29-22)20(27)23-24-21(28)18-12-14-6-4-5-9-17(14)30-18/h1-3,7-8,12,16H,4-6,9-11,13H2,(H,23,27)(H,24,28)/t16-,22-/m1/s1. The first-order valence-electron chi connectivity index (χ1n) is 10.3. The summed E-state index contributed by atoms with van der Waals surface area (Å²) in [5.41, 5.74) is 7.42. The van der Waals surface area contributed by atoms with E-state index in [0.29, 0.717) is 23.5 Å². The van der Waals surface area contributed by atoms with Crippen molar-refractivity contribution in [2.45, 2.75) is 49.4 Å². The van der Waals surface area contributed by atoms with Crippen molar-refractivity contribution in [3.8, 4) is 0 Å². The lowest BCUT2D eigenvalue weighted by Crippen LogP contribution is -2.54. The fourth-order valence-corrected chi connectivity index (χ4v) is 7.50. The Labute approximate surface area is 183 Å². The van der Waals surface area contributed by atoms with Gasteiger partial charge in [-0.1, -0.05) is 30.3 Å². The lowest BCUT2D eigenvalue weighted by atomic mass is 9.99. The molecule has 156 valence electrons. The summed E-state index contributed by atoms with van der Waals surface area (Å²) >= 11 is 3.14. The number of thiophene rings is 1. The number of rotatable bonds is 3. The largest absolute Gasteiger partial charge is 0.311 e. The molecule has 8 heteroatoms. The van der Waals surface area contributed by atoms with Gasteiger partial charge in [0, 0.05) is 17.1 Å². The third-order valence-electron chi connectivity index (χ3n) is 6.17. The second kappa shape index (κ2) is 7.74. The Morgan fingerprint density at radius 1 is 1.07 bits per heavy atom. The van der Waals surface area contributed by atoms with E-state index >= 15 is 0 Å². The number of aryl methyl sites for hydroxylation is 2. The summed E-state index contributed by atoms with van der Waals surface area (Å²) in [5.74, 6) is -0.141. The van der Waals surface area contributed by atoms with Gasteiger partial charge in [-0.05, 0) is 49.3 Å². The summed E-state index contributed by atoms with van der Waals surface area (Å²) < 4.78 is 0. The molecule has 1 aromatic heterocycles. The van der Waals surface area contributed by atoms with Crippen LogP contribution in [0.15, 0.2) is 36.4 Å². The number of carbonyl (C=O) groups excluding carboxylic acids is 3. The van der Waals surface area contributed by atoms with Gasteiger partial charge in [-0.2, -0.15) is 0 Å². The molecule has 6 nitrogen and oxygen atoms in total. The van der Waals surface area contributed by atoms with Crippen LogP contribution in [0.1, 0.15) is 51.4 Å². The fraction of sp³-hybridized carbons (Fsp3) is 0.409. The lowest BCUT2D eigenvalue weighted by Gasteiger charge is -2.33. The van der Waals surface area contributed by atoms with E-state index in [2.05, 4.69) is 10.9 Å². The van der Waals surface area contributed by atoms with Crippen LogP contribution in [0.25, 0.3) is 0 Å². The Bertz CT molecular complexity index is 983. The predicted octanol–water partition coefficient (Wildman–Crippen LogP) is 2.98. The average Bonchev–Trinajstić information content (AvgIpc) is 3.46. The van der Waals surface area contributed by atoms with Crippen LogP contribution >= 0.6 is 23.1 Å². The Morgan fingerprint density at radius 3 is 2.67 bits per heavy atom. The van der Waals surface area contributed by atoms with Gasteiger partial charge in [-0.25, -0.2) is 0 Å². The summed E-state index contributed by atoms with van der Waals surface area (Å²) in [4.78, 5) is 41.3. The molecule has 30 heavy (non-hydrogen) atoms. The van der Waals surface area contributed by atoms with E-state index in [4.69, 9.17) is 0 Å². The maximum atomic E-state index is 12.9. The van der Waals surface area contributed by atoms with Crippen molar-refractivity contribution >= 4 is 40.8 Å². The number of amides is 3.